The number of ether oxygens (including phenoxy) is 1. The molecule has 1 atom stereocenters. The molecule has 0 fully saturated rings. The van der Waals surface area contributed by atoms with Gasteiger partial charge in [0, 0.05) is 17.7 Å². The fourth-order valence-corrected chi connectivity index (χ4v) is 2.42. The SMILES string of the molecule is CCOC(=O)NC(=S)Nc1cc2c(cc1O)NC(=O)C(C)CC2. The molecule has 23 heavy (non-hydrogen) atoms. The quantitative estimate of drug-likeness (QED) is 0.488. The van der Waals surface area contributed by atoms with Gasteiger partial charge in [-0.2, -0.15) is 0 Å². The standard InChI is InChI=1S/C15H19N3O4S/c1-3-22-15(21)18-14(23)17-11-6-9-5-4-8(2)13(20)16-10(9)7-12(11)19/h6-8,19H,3-5H2,1-2H3,(H,16,20)(H2,17,18,21,23). The molecule has 8 heteroatoms. The number of phenols is 1. The minimum Gasteiger partial charge on any atom is -0.506 e. The van der Waals surface area contributed by atoms with Crippen LogP contribution < -0.4 is 16.0 Å². The van der Waals surface area contributed by atoms with Gasteiger partial charge in [0.15, 0.2) is 5.11 Å². The van der Waals surface area contributed by atoms with E-state index in [2.05, 4.69) is 16.0 Å². The molecule has 1 aromatic carbocycles. The maximum Gasteiger partial charge on any atom is 0.413 e. The van der Waals surface area contributed by atoms with Gasteiger partial charge in [0.05, 0.1) is 12.3 Å². The second-order valence-corrected chi connectivity index (χ2v) is 5.66. The number of alkyl carbamates (subject to hydrolysis) is 1. The van der Waals surface area contributed by atoms with Crippen molar-refractivity contribution in [1.29, 1.82) is 0 Å². The molecular weight excluding hydrogens is 318 g/mol. The van der Waals surface area contributed by atoms with Crippen LogP contribution in [0.5, 0.6) is 5.75 Å². The summed E-state index contributed by atoms with van der Waals surface area (Å²) in [6.45, 7) is 3.78. The lowest BCUT2D eigenvalue weighted by molar-refractivity contribution is -0.119. The Morgan fingerprint density at radius 2 is 2.26 bits per heavy atom. The summed E-state index contributed by atoms with van der Waals surface area (Å²) in [6, 6.07) is 3.18. The van der Waals surface area contributed by atoms with Crippen LogP contribution in [0.25, 0.3) is 0 Å². The Bertz CT molecular complexity index is 648. The maximum atomic E-state index is 11.8. The van der Waals surface area contributed by atoms with Crippen LogP contribution in [0, 0.1) is 5.92 Å². The Morgan fingerprint density at radius 3 is 2.96 bits per heavy atom. The Morgan fingerprint density at radius 1 is 1.52 bits per heavy atom. The molecule has 0 spiro atoms. The van der Waals surface area contributed by atoms with Crippen molar-refractivity contribution >= 4 is 40.7 Å². The summed E-state index contributed by atoms with van der Waals surface area (Å²) in [6.07, 6.45) is 0.747. The van der Waals surface area contributed by atoms with Crippen LogP contribution in [-0.2, 0) is 16.0 Å². The van der Waals surface area contributed by atoms with Crippen LogP contribution in [0.2, 0.25) is 0 Å². The maximum absolute atomic E-state index is 11.8. The smallest absolute Gasteiger partial charge is 0.413 e. The van der Waals surface area contributed by atoms with Gasteiger partial charge in [-0.1, -0.05) is 6.92 Å². The molecule has 0 radical (unpaired) electrons. The van der Waals surface area contributed by atoms with E-state index < -0.39 is 6.09 Å². The highest BCUT2D eigenvalue weighted by Crippen LogP contribution is 2.34. The highest BCUT2D eigenvalue weighted by Gasteiger charge is 2.21. The van der Waals surface area contributed by atoms with E-state index in [-0.39, 0.29) is 29.3 Å². The first-order valence-corrected chi connectivity index (χ1v) is 7.73. The lowest BCUT2D eigenvalue weighted by Gasteiger charge is -2.14. The number of carbonyl (C=O) groups excluding carboxylic acids is 2. The van der Waals surface area contributed by atoms with Gasteiger partial charge in [0.1, 0.15) is 5.75 Å². The van der Waals surface area contributed by atoms with Crippen LogP contribution in [0.1, 0.15) is 25.8 Å². The van der Waals surface area contributed by atoms with E-state index in [9.17, 15) is 14.7 Å². The number of thiocarbonyl (C=S) groups is 1. The minimum absolute atomic E-state index is 0.0183. The molecule has 1 heterocycles. The monoisotopic (exact) mass is 337 g/mol. The van der Waals surface area contributed by atoms with Gasteiger partial charge in [0.25, 0.3) is 0 Å². The number of fused-ring (bicyclic) bond motifs is 1. The topological polar surface area (TPSA) is 99.7 Å². The number of amides is 2. The highest BCUT2D eigenvalue weighted by molar-refractivity contribution is 7.80. The van der Waals surface area contributed by atoms with Crippen molar-refractivity contribution in [2.75, 3.05) is 17.2 Å². The molecule has 0 aliphatic carbocycles. The number of phenolic OH excluding ortho intramolecular Hbond substituents is 1. The van der Waals surface area contributed by atoms with E-state index >= 15 is 0 Å². The van der Waals surface area contributed by atoms with E-state index in [0.29, 0.717) is 24.2 Å². The Labute approximate surface area is 139 Å². The summed E-state index contributed by atoms with van der Waals surface area (Å²) >= 11 is 5.00. The van der Waals surface area contributed by atoms with Crippen molar-refractivity contribution in [2.45, 2.75) is 26.7 Å². The number of aryl methyl sites for hydroxylation is 1. The Kier molecular flexibility index (Phi) is 5.38. The average molecular weight is 337 g/mol. The van der Waals surface area contributed by atoms with E-state index in [1.165, 1.54) is 6.07 Å². The number of hydrogen-bond donors (Lipinski definition) is 4. The van der Waals surface area contributed by atoms with Crippen molar-refractivity contribution in [2.24, 2.45) is 5.92 Å². The normalized spacial score (nSPS) is 16.6. The van der Waals surface area contributed by atoms with E-state index in [1.807, 2.05) is 6.92 Å². The number of anilines is 2. The lowest BCUT2D eigenvalue weighted by atomic mass is 10.0. The molecular formula is C15H19N3O4S. The summed E-state index contributed by atoms with van der Waals surface area (Å²) < 4.78 is 4.72. The summed E-state index contributed by atoms with van der Waals surface area (Å²) in [4.78, 5) is 23.2. The molecule has 1 aliphatic rings. The van der Waals surface area contributed by atoms with Crippen molar-refractivity contribution in [1.82, 2.24) is 5.32 Å². The van der Waals surface area contributed by atoms with E-state index in [0.717, 1.165) is 5.56 Å². The zero-order valence-electron chi connectivity index (χ0n) is 12.9. The third kappa shape index (κ3) is 4.32. The van der Waals surface area contributed by atoms with Crippen LogP contribution in [-0.4, -0.2) is 28.8 Å². The van der Waals surface area contributed by atoms with Gasteiger partial charge in [-0.25, -0.2) is 4.79 Å². The molecule has 4 N–H and O–H groups in total. The summed E-state index contributed by atoms with van der Waals surface area (Å²) in [5, 5.41) is 18.0. The fraction of sp³-hybridized carbons (Fsp3) is 0.400. The van der Waals surface area contributed by atoms with Gasteiger partial charge in [-0.15, -0.1) is 0 Å². The van der Waals surface area contributed by atoms with Gasteiger partial charge in [0.2, 0.25) is 5.91 Å². The van der Waals surface area contributed by atoms with Crippen LogP contribution in [0.4, 0.5) is 16.2 Å². The molecule has 0 saturated heterocycles. The predicted molar refractivity (Wildman–Crippen MR) is 90.6 cm³/mol. The second kappa shape index (κ2) is 7.28. The van der Waals surface area contributed by atoms with Crippen molar-refractivity contribution in [3.63, 3.8) is 0 Å². The largest absolute Gasteiger partial charge is 0.506 e. The second-order valence-electron chi connectivity index (χ2n) is 5.26. The third-order valence-electron chi connectivity index (χ3n) is 3.51. The zero-order chi connectivity index (χ0) is 17.0. The Balaban J connectivity index is 2.14. The van der Waals surface area contributed by atoms with E-state index in [4.69, 9.17) is 17.0 Å². The predicted octanol–water partition coefficient (Wildman–Crippen LogP) is 2.36. The van der Waals surface area contributed by atoms with Gasteiger partial charge >= 0.3 is 6.09 Å². The summed E-state index contributed by atoms with van der Waals surface area (Å²) in [7, 11) is 0. The number of hydrogen-bond acceptors (Lipinski definition) is 5. The first-order chi connectivity index (χ1) is 10.9. The van der Waals surface area contributed by atoms with Gasteiger partial charge < -0.3 is 20.5 Å². The number of benzene rings is 1. The average Bonchev–Trinajstić information content (AvgIpc) is 2.60. The molecule has 124 valence electrons. The number of nitrogens with one attached hydrogen (secondary N) is 3. The molecule has 0 bridgehead atoms. The highest BCUT2D eigenvalue weighted by atomic mass is 32.1. The van der Waals surface area contributed by atoms with Gasteiger partial charge in [-0.3, -0.25) is 10.1 Å². The van der Waals surface area contributed by atoms with Crippen LogP contribution >= 0.6 is 12.2 Å². The minimum atomic E-state index is -0.666. The molecule has 1 unspecified atom stereocenters. The molecule has 0 aromatic heterocycles. The summed E-state index contributed by atoms with van der Waals surface area (Å²) in [5.74, 6) is -0.234. The zero-order valence-corrected chi connectivity index (χ0v) is 13.8. The number of rotatable bonds is 2. The van der Waals surface area contributed by atoms with Crippen molar-refractivity contribution in [3.8, 4) is 5.75 Å². The lowest BCUT2D eigenvalue weighted by Crippen LogP contribution is -2.34. The molecule has 2 rings (SSSR count). The number of carbonyl (C=O) groups is 2. The Hall–Kier alpha value is -2.35. The first kappa shape index (κ1) is 17.0. The van der Waals surface area contributed by atoms with Crippen LogP contribution in [0.15, 0.2) is 12.1 Å². The molecule has 7 nitrogen and oxygen atoms in total. The molecule has 1 aliphatic heterocycles. The third-order valence-corrected chi connectivity index (χ3v) is 3.72. The van der Waals surface area contributed by atoms with Crippen molar-refractivity contribution < 1.29 is 19.4 Å². The van der Waals surface area contributed by atoms with Crippen LogP contribution in [0.3, 0.4) is 0 Å². The molecule has 2 amide bonds. The first-order valence-electron chi connectivity index (χ1n) is 7.32. The van der Waals surface area contributed by atoms with E-state index in [1.54, 1.807) is 13.0 Å². The molecule has 1 aromatic rings. The van der Waals surface area contributed by atoms with Crippen molar-refractivity contribution in [3.05, 3.63) is 17.7 Å². The fourth-order valence-electron chi connectivity index (χ4n) is 2.23. The summed E-state index contributed by atoms with van der Waals surface area (Å²) in [5.41, 5.74) is 1.84. The van der Waals surface area contributed by atoms with Gasteiger partial charge in [-0.05, 0) is 43.6 Å². The molecule has 0 saturated carbocycles. The number of aromatic hydroxyl groups is 1.